The van der Waals surface area contributed by atoms with Crippen molar-refractivity contribution in [1.29, 1.82) is 0 Å². The van der Waals surface area contributed by atoms with E-state index in [0.717, 1.165) is 16.2 Å². The fourth-order valence-corrected chi connectivity index (χ4v) is 2.99. The lowest BCUT2D eigenvalue weighted by Crippen LogP contribution is -2.41. The highest BCUT2D eigenvalue weighted by Crippen LogP contribution is 2.27. The number of methoxy groups -OCH3 is 1. The average Bonchev–Trinajstić information content (AvgIpc) is 2.84. The van der Waals surface area contributed by atoms with Gasteiger partial charge in [0, 0.05) is 13.7 Å². The maximum absolute atomic E-state index is 12.6. The van der Waals surface area contributed by atoms with E-state index in [4.69, 9.17) is 9.47 Å². The predicted octanol–water partition coefficient (Wildman–Crippen LogP) is 2.68. The summed E-state index contributed by atoms with van der Waals surface area (Å²) in [5.74, 6) is -1.10. The number of aryl methyl sites for hydroxylation is 1. The maximum atomic E-state index is 12.6. The highest BCUT2D eigenvalue weighted by atomic mass is 32.1. The number of nitrogens with one attached hydrogen (secondary N) is 1. The number of thiophene rings is 1. The number of esters is 1. The second-order valence-corrected chi connectivity index (χ2v) is 6.26. The molecule has 0 spiro atoms. The first kappa shape index (κ1) is 21.4. The summed E-state index contributed by atoms with van der Waals surface area (Å²) in [4.78, 5) is 25.1. The summed E-state index contributed by atoms with van der Waals surface area (Å²) >= 11 is 1.02. The number of hydrogen-bond donors (Lipinski definition) is 1. The molecule has 0 radical (unpaired) electrons. The van der Waals surface area contributed by atoms with Gasteiger partial charge in [-0.05, 0) is 25.5 Å². The number of rotatable bonds is 9. The molecule has 142 valence electrons. The number of amides is 1. The molecule has 1 heterocycles. The van der Waals surface area contributed by atoms with E-state index in [1.807, 2.05) is 0 Å². The first-order valence-electron chi connectivity index (χ1n) is 7.51. The van der Waals surface area contributed by atoms with Crippen LogP contribution in [0.3, 0.4) is 0 Å². The molecular weight excluding hydrogens is 361 g/mol. The van der Waals surface area contributed by atoms with E-state index < -0.39 is 31.1 Å². The number of hydrogen-bond acceptors (Lipinski definition) is 6. The lowest BCUT2D eigenvalue weighted by Gasteiger charge is -2.22. The monoisotopic (exact) mass is 382 g/mol. The van der Waals surface area contributed by atoms with Crippen molar-refractivity contribution in [3.63, 3.8) is 0 Å². The molecule has 0 atom stereocenters. The molecule has 0 saturated heterocycles. The molecule has 0 aliphatic rings. The van der Waals surface area contributed by atoms with E-state index in [-0.39, 0.29) is 19.8 Å². The van der Waals surface area contributed by atoms with E-state index in [0.29, 0.717) is 15.4 Å². The SMILES string of the molecule is CCOC(=O)c1sc(NC(=O)CN(CCOC)CC(F)(F)F)cc1C. The normalized spacial score (nSPS) is 11.6. The standard InChI is InChI=1S/C15H21F3N2O4S/c1-4-24-14(22)13-10(2)7-12(25-13)19-11(21)8-20(5-6-23-3)9-15(16,17)18/h7H,4-6,8-9H2,1-3H3,(H,19,21). The lowest BCUT2D eigenvalue weighted by molar-refractivity contribution is -0.149. The van der Waals surface area contributed by atoms with Crippen molar-refractivity contribution in [3.05, 3.63) is 16.5 Å². The number of anilines is 1. The van der Waals surface area contributed by atoms with Crippen LogP contribution in [-0.4, -0.2) is 62.9 Å². The van der Waals surface area contributed by atoms with Crippen LogP contribution < -0.4 is 5.32 Å². The molecule has 0 fully saturated rings. The van der Waals surface area contributed by atoms with Crippen LogP contribution in [0, 0.1) is 6.92 Å². The van der Waals surface area contributed by atoms with Gasteiger partial charge in [0.1, 0.15) is 4.88 Å². The Bertz CT molecular complexity index is 590. The molecule has 25 heavy (non-hydrogen) atoms. The highest BCUT2D eigenvalue weighted by molar-refractivity contribution is 7.18. The second kappa shape index (κ2) is 9.73. The second-order valence-electron chi connectivity index (χ2n) is 5.21. The van der Waals surface area contributed by atoms with E-state index in [9.17, 15) is 22.8 Å². The van der Waals surface area contributed by atoms with E-state index in [1.165, 1.54) is 7.11 Å². The van der Waals surface area contributed by atoms with Gasteiger partial charge < -0.3 is 14.8 Å². The number of alkyl halides is 3. The fraction of sp³-hybridized carbons (Fsp3) is 0.600. The third-order valence-electron chi connectivity index (χ3n) is 3.02. The Labute approximate surface area is 147 Å². The minimum atomic E-state index is -4.41. The van der Waals surface area contributed by atoms with E-state index in [2.05, 4.69) is 5.32 Å². The summed E-state index contributed by atoms with van der Waals surface area (Å²) in [5.41, 5.74) is 0.630. The van der Waals surface area contributed by atoms with Gasteiger partial charge in [-0.3, -0.25) is 9.69 Å². The van der Waals surface area contributed by atoms with Crippen molar-refractivity contribution in [2.45, 2.75) is 20.0 Å². The zero-order valence-electron chi connectivity index (χ0n) is 14.2. The number of carbonyl (C=O) groups is 2. The van der Waals surface area contributed by atoms with E-state index >= 15 is 0 Å². The lowest BCUT2D eigenvalue weighted by atomic mass is 10.3. The zero-order chi connectivity index (χ0) is 19.0. The predicted molar refractivity (Wildman–Crippen MR) is 88.0 cm³/mol. The summed E-state index contributed by atoms with van der Waals surface area (Å²) in [6.45, 7) is 2.00. The van der Waals surface area contributed by atoms with Gasteiger partial charge in [-0.1, -0.05) is 0 Å². The Morgan fingerprint density at radius 1 is 1.36 bits per heavy atom. The third-order valence-corrected chi connectivity index (χ3v) is 4.16. The number of ether oxygens (including phenoxy) is 2. The Hall–Kier alpha value is -1.65. The molecule has 0 aromatic carbocycles. The molecule has 0 aliphatic carbocycles. The van der Waals surface area contributed by atoms with Crippen LogP contribution in [0.5, 0.6) is 0 Å². The fourth-order valence-electron chi connectivity index (χ4n) is 2.01. The van der Waals surface area contributed by atoms with Crippen molar-refractivity contribution >= 4 is 28.2 Å². The van der Waals surface area contributed by atoms with Gasteiger partial charge >= 0.3 is 12.1 Å². The largest absolute Gasteiger partial charge is 0.462 e. The molecule has 1 N–H and O–H groups in total. The smallest absolute Gasteiger partial charge is 0.401 e. The maximum Gasteiger partial charge on any atom is 0.401 e. The van der Waals surface area contributed by atoms with Crippen LogP contribution in [0.1, 0.15) is 22.2 Å². The van der Waals surface area contributed by atoms with Gasteiger partial charge in [0.2, 0.25) is 5.91 Å². The Balaban J connectivity index is 2.70. The van der Waals surface area contributed by atoms with Gasteiger partial charge in [0.15, 0.2) is 0 Å². The van der Waals surface area contributed by atoms with Crippen molar-refractivity contribution in [2.24, 2.45) is 0 Å². The minimum Gasteiger partial charge on any atom is -0.462 e. The van der Waals surface area contributed by atoms with Crippen molar-refractivity contribution in [1.82, 2.24) is 4.90 Å². The number of halogens is 3. The average molecular weight is 382 g/mol. The molecule has 6 nitrogen and oxygen atoms in total. The Kier molecular flexibility index (Phi) is 8.33. The molecule has 10 heteroatoms. The summed E-state index contributed by atoms with van der Waals surface area (Å²) in [6, 6.07) is 1.58. The summed E-state index contributed by atoms with van der Waals surface area (Å²) < 4.78 is 47.4. The summed E-state index contributed by atoms with van der Waals surface area (Å²) in [7, 11) is 1.37. The molecule has 1 amide bonds. The highest BCUT2D eigenvalue weighted by Gasteiger charge is 2.31. The van der Waals surface area contributed by atoms with Crippen LogP contribution in [-0.2, 0) is 14.3 Å². The van der Waals surface area contributed by atoms with Crippen molar-refractivity contribution in [3.8, 4) is 0 Å². The van der Waals surface area contributed by atoms with Crippen molar-refractivity contribution in [2.75, 3.05) is 45.3 Å². The van der Waals surface area contributed by atoms with Crippen LogP contribution in [0.2, 0.25) is 0 Å². The van der Waals surface area contributed by atoms with E-state index in [1.54, 1.807) is 19.9 Å². The zero-order valence-corrected chi connectivity index (χ0v) is 15.1. The molecule has 0 aliphatic heterocycles. The van der Waals surface area contributed by atoms with Gasteiger partial charge in [-0.2, -0.15) is 13.2 Å². The van der Waals surface area contributed by atoms with Gasteiger partial charge in [-0.25, -0.2) is 4.79 Å². The van der Waals surface area contributed by atoms with Crippen LogP contribution >= 0.6 is 11.3 Å². The Morgan fingerprint density at radius 3 is 2.60 bits per heavy atom. The topological polar surface area (TPSA) is 67.9 Å². The van der Waals surface area contributed by atoms with Gasteiger partial charge in [-0.15, -0.1) is 11.3 Å². The number of nitrogens with zero attached hydrogens (tertiary/aromatic N) is 1. The first-order chi connectivity index (χ1) is 11.7. The Morgan fingerprint density at radius 2 is 2.04 bits per heavy atom. The molecule has 1 aromatic rings. The van der Waals surface area contributed by atoms with Gasteiger partial charge in [0.05, 0.1) is 31.3 Å². The molecule has 0 saturated carbocycles. The molecule has 1 rings (SSSR count). The molecule has 1 aromatic heterocycles. The molecular formula is C15H21F3N2O4S. The molecule has 0 unspecified atom stereocenters. The van der Waals surface area contributed by atoms with Crippen molar-refractivity contribution < 1.29 is 32.2 Å². The summed E-state index contributed by atoms with van der Waals surface area (Å²) in [5, 5.41) is 2.89. The van der Waals surface area contributed by atoms with Crippen LogP contribution in [0.25, 0.3) is 0 Å². The first-order valence-corrected chi connectivity index (χ1v) is 8.33. The quantitative estimate of drug-likeness (QED) is 0.665. The van der Waals surface area contributed by atoms with Crippen LogP contribution in [0.15, 0.2) is 6.07 Å². The summed E-state index contributed by atoms with van der Waals surface area (Å²) in [6.07, 6.45) is -4.41. The van der Waals surface area contributed by atoms with Gasteiger partial charge in [0.25, 0.3) is 0 Å². The van der Waals surface area contributed by atoms with Crippen LogP contribution in [0.4, 0.5) is 18.2 Å². The third kappa shape index (κ3) is 7.84. The number of carbonyl (C=O) groups excluding carboxylic acids is 2. The minimum absolute atomic E-state index is 0.0268. The molecule has 0 bridgehead atoms.